The minimum atomic E-state index is -0.403. The van der Waals surface area contributed by atoms with Crippen LogP contribution >= 0.6 is 11.3 Å². The molecule has 3 aromatic rings. The Balaban J connectivity index is 1.99. The maximum Gasteiger partial charge on any atom is 0.259 e. The van der Waals surface area contributed by atoms with E-state index in [4.69, 9.17) is 5.73 Å². The molecule has 0 saturated carbocycles. The van der Waals surface area contributed by atoms with Crippen molar-refractivity contribution >= 4 is 27.9 Å². The molecule has 0 saturated heterocycles. The molecule has 0 radical (unpaired) electrons. The van der Waals surface area contributed by atoms with Crippen LogP contribution < -0.4 is 11.1 Å². The van der Waals surface area contributed by atoms with Crippen molar-refractivity contribution in [3.05, 3.63) is 71.6 Å². The van der Waals surface area contributed by atoms with Gasteiger partial charge in [-0.1, -0.05) is 48.5 Å². The number of benzene rings is 2. The molecule has 3 N–H and O–H groups in total. The van der Waals surface area contributed by atoms with Crippen molar-refractivity contribution in [2.75, 3.05) is 5.32 Å². The first-order valence-corrected chi connectivity index (χ1v) is 7.37. The standard InChI is InChI=1S/C17H14N2OS/c18-17(20)16-14(12-7-3-1-4-8-12)11-15(21-16)19-13-9-5-2-6-10-13/h1-11,19H,(H2,18,20). The minimum Gasteiger partial charge on any atom is -0.365 e. The zero-order chi connectivity index (χ0) is 14.7. The summed E-state index contributed by atoms with van der Waals surface area (Å²) in [6.45, 7) is 0. The summed E-state index contributed by atoms with van der Waals surface area (Å²) in [6, 6.07) is 21.6. The van der Waals surface area contributed by atoms with Crippen LogP contribution in [0, 0.1) is 0 Å². The van der Waals surface area contributed by atoms with Crippen LogP contribution in [0.1, 0.15) is 9.67 Å². The first-order chi connectivity index (χ1) is 10.2. The van der Waals surface area contributed by atoms with E-state index in [9.17, 15) is 4.79 Å². The fourth-order valence-corrected chi connectivity index (χ4v) is 3.08. The molecule has 3 rings (SSSR count). The van der Waals surface area contributed by atoms with E-state index >= 15 is 0 Å². The van der Waals surface area contributed by atoms with Crippen LogP contribution in [-0.2, 0) is 0 Å². The smallest absolute Gasteiger partial charge is 0.259 e. The second kappa shape index (κ2) is 5.81. The monoisotopic (exact) mass is 294 g/mol. The Hall–Kier alpha value is -2.59. The summed E-state index contributed by atoms with van der Waals surface area (Å²) in [5, 5.41) is 4.20. The predicted octanol–water partition coefficient (Wildman–Crippen LogP) is 4.26. The molecule has 21 heavy (non-hydrogen) atoms. The first kappa shape index (κ1) is 13.4. The summed E-state index contributed by atoms with van der Waals surface area (Å²) >= 11 is 1.37. The highest BCUT2D eigenvalue weighted by molar-refractivity contribution is 7.18. The molecule has 0 spiro atoms. The van der Waals surface area contributed by atoms with Crippen LogP contribution in [0.25, 0.3) is 11.1 Å². The summed E-state index contributed by atoms with van der Waals surface area (Å²) in [7, 11) is 0. The maximum atomic E-state index is 11.7. The number of nitrogens with two attached hydrogens (primary N) is 1. The Bertz CT molecular complexity index is 751. The largest absolute Gasteiger partial charge is 0.365 e. The molecule has 4 heteroatoms. The highest BCUT2D eigenvalue weighted by Crippen LogP contribution is 2.35. The minimum absolute atomic E-state index is 0.403. The molecule has 0 unspecified atom stereocenters. The number of hydrogen-bond donors (Lipinski definition) is 2. The molecule has 0 aliphatic heterocycles. The Morgan fingerprint density at radius 3 is 2.19 bits per heavy atom. The van der Waals surface area contributed by atoms with E-state index in [0.717, 1.165) is 21.8 Å². The molecule has 0 fully saturated rings. The van der Waals surface area contributed by atoms with Gasteiger partial charge < -0.3 is 11.1 Å². The molecule has 1 aromatic heterocycles. The lowest BCUT2D eigenvalue weighted by atomic mass is 10.1. The number of para-hydroxylation sites is 1. The SMILES string of the molecule is NC(=O)c1sc(Nc2ccccc2)cc1-c1ccccc1. The van der Waals surface area contributed by atoms with Gasteiger partial charge in [0, 0.05) is 11.3 Å². The molecular formula is C17H14N2OS. The second-order valence-corrected chi connectivity index (χ2v) is 5.63. The number of anilines is 2. The van der Waals surface area contributed by atoms with Gasteiger partial charge in [-0.25, -0.2) is 0 Å². The van der Waals surface area contributed by atoms with Crippen LogP contribution in [0.2, 0.25) is 0 Å². The number of carbonyl (C=O) groups is 1. The average molecular weight is 294 g/mol. The maximum absolute atomic E-state index is 11.7. The van der Waals surface area contributed by atoms with E-state index < -0.39 is 5.91 Å². The fraction of sp³-hybridized carbons (Fsp3) is 0. The second-order valence-electron chi connectivity index (χ2n) is 4.57. The third-order valence-corrected chi connectivity index (χ3v) is 4.15. The van der Waals surface area contributed by atoms with Gasteiger partial charge in [-0.05, 0) is 23.8 Å². The summed E-state index contributed by atoms with van der Waals surface area (Å²) in [6.07, 6.45) is 0. The van der Waals surface area contributed by atoms with Gasteiger partial charge in [-0.3, -0.25) is 4.79 Å². The van der Waals surface area contributed by atoms with E-state index in [-0.39, 0.29) is 0 Å². The van der Waals surface area contributed by atoms with Crippen molar-refractivity contribution < 1.29 is 4.79 Å². The van der Waals surface area contributed by atoms with Crippen LogP contribution in [0.15, 0.2) is 66.7 Å². The molecule has 0 aliphatic rings. The van der Waals surface area contributed by atoms with Gasteiger partial charge in [0.15, 0.2) is 0 Å². The summed E-state index contributed by atoms with van der Waals surface area (Å²) in [4.78, 5) is 12.2. The molecule has 3 nitrogen and oxygen atoms in total. The van der Waals surface area contributed by atoms with Gasteiger partial charge in [0.05, 0.1) is 5.00 Å². The van der Waals surface area contributed by atoms with E-state index in [1.165, 1.54) is 11.3 Å². The Labute approximate surface area is 127 Å². The molecule has 104 valence electrons. The predicted molar refractivity (Wildman–Crippen MR) is 88.0 cm³/mol. The van der Waals surface area contributed by atoms with Gasteiger partial charge in [0.2, 0.25) is 0 Å². The molecule has 2 aromatic carbocycles. The Morgan fingerprint density at radius 1 is 0.952 bits per heavy atom. The number of primary amides is 1. The third kappa shape index (κ3) is 2.95. The van der Waals surface area contributed by atoms with Gasteiger partial charge >= 0.3 is 0 Å². The zero-order valence-electron chi connectivity index (χ0n) is 11.2. The van der Waals surface area contributed by atoms with Crippen LogP contribution in [-0.4, -0.2) is 5.91 Å². The van der Waals surface area contributed by atoms with Gasteiger partial charge in [0.25, 0.3) is 5.91 Å². The lowest BCUT2D eigenvalue weighted by Gasteiger charge is -2.01. The number of amides is 1. The third-order valence-electron chi connectivity index (χ3n) is 3.08. The molecule has 1 amide bonds. The average Bonchev–Trinajstić information content (AvgIpc) is 2.93. The number of hydrogen-bond acceptors (Lipinski definition) is 3. The quantitative estimate of drug-likeness (QED) is 0.755. The van der Waals surface area contributed by atoms with Crippen molar-refractivity contribution in [2.45, 2.75) is 0 Å². The van der Waals surface area contributed by atoms with Gasteiger partial charge in [0.1, 0.15) is 4.88 Å². The van der Waals surface area contributed by atoms with Crippen LogP contribution in [0.3, 0.4) is 0 Å². The van der Waals surface area contributed by atoms with E-state index in [0.29, 0.717) is 4.88 Å². The molecule has 0 aliphatic carbocycles. The molecule has 0 atom stereocenters. The molecule has 1 heterocycles. The first-order valence-electron chi connectivity index (χ1n) is 6.55. The van der Waals surface area contributed by atoms with Crippen molar-refractivity contribution in [3.8, 4) is 11.1 Å². The zero-order valence-corrected chi connectivity index (χ0v) is 12.1. The summed E-state index contributed by atoms with van der Waals surface area (Å²) in [5.74, 6) is -0.403. The van der Waals surface area contributed by atoms with Gasteiger partial charge in [-0.15, -0.1) is 11.3 Å². The Kier molecular flexibility index (Phi) is 3.71. The number of rotatable bonds is 4. The highest BCUT2D eigenvalue weighted by atomic mass is 32.1. The molecular weight excluding hydrogens is 280 g/mol. The van der Waals surface area contributed by atoms with E-state index in [1.807, 2.05) is 66.7 Å². The Morgan fingerprint density at radius 2 is 1.57 bits per heavy atom. The lowest BCUT2D eigenvalue weighted by Crippen LogP contribution is -2.09. The van der Waals surface area contributed by atoms with E-state index in [1.54, 1.807) is 0 Å². The van der Waals surface area contributed by atoms with Crippen molar-refractivity contribution in [2.24, 2.45) is 5.73 Å². The number of thiophene rings is 1. The van der Waals surface area contributed by atoms with Crippen LogP contribution in [0.4, 0.5) is 10.7 Å². The van der Waals surface area contributed by atoms with Crippen molar-refractivity contribution in [1.29, 1.82) is 0 Å². The summed E-state index contributed by atoms with van der Waals surface area (Å²) < 4.78 is 0. The number of carbonyl (C=O) groups excluding carboxylic acids is 1. The van der Waals surface area contributed by atoms with Crippen LogP contribution in [0.5, 0.6) is 0 Å². The fourth-order valence-electron chi connectivity index (χ4n) is 2.13. The van der Waals surface area contributed by atoms with Crippen molar-refractivity contribution in [3.63, 3.8) is 0 Å². The number of nitrogens with one attached hydrogen (secondary N) is 1. The molecule has 0 bridgehead atoms. The summed E-state index contributed by atoms with van der Waals surface area (Å²) in [5.41, 5.74) is 8.34. The normalized spacial score (nSPS) is 10.3. The topological polar surface area (TPSA) is 55.1 Å². The van der Waals surface area contributed by atoms with Crippen molar-refractivity contribution in [1.82, 2.24) is 0 Å². The highest BCUT2D eigenvalue weighted by Gasteiger charge is 2.15. The lowest BCUT2D eigenvalue weighted by molar-refractivity contribution is 0.100. The van der Waals surface area contributed by atoms with E-state index in [2.05, 4.69) is 5.32 Å². The van der Waals surface area contributed by atoms with Gasteiger partial charge in [-0.2, -0.15) is 0 Å².